The normalized spacial score (nSPS) is 14.5. The average molecular weight is 739 g/mol. The van der Waals surface area contributed by atoms with E-state index < -0.39 is 56.4 Å². The van der Waals surface area contributed by atoms with Crippen molar-refractivity contribution in [2.75, 3.05) is 7.11 Å². The number of carbonyl (C=O) groups is 2. The summed E-state index contributed by atoms with van der Waals surface area (Å²) >= 11 is 0. The van der Waals surface area contributed by atoms with Crippen LogP contribution in [-0.4, -0.2) is 69.3 Å². The Morgan fingerprint density at radius 1 is 0.587 bits per heavy atom. The molecule has 2 aromatic carbocycles. The molecular weight excluding hydrogens is 681 g/mol. The van der Waals surface area contributed by atoms with Crippen molar-refractivity contribution in [1.29, 1.82) is 0 Å². The molecule has 0 N–H and O–H groups in total. The fraction of sp³-hybridized carbons (Fsp3) is 0.562. The Balaban J connectivity index is 2.44. The van der Waals surface area contributed by atoms with Crippen LogP contribution in [0.25, 0.3) is 0 Å². The lowest BCUT2D eigenvalue weighted by Crippen LogP contribution is -2.62. The number of benzene rings is 2. The van der Waals surface area contributed by atoms with E-state index in [-0.39, 0.29) is 12.2 Å². The smallest absolute Gasteiger partial charge is 0.466 e. The number of ether oxygens (including phenoxy) is 2. The van der Waals surface area contributed by atoms with Gasteiger partial charge in [0.1, 0.15) is 23.7 Å². The molecule has 8 nitrogen and oxygen atoms in total. The Morgan fingerprint density at radius 3 is 1.46 bits per heavy atom. The molecule has 0 saturated carbocycles. The summed E-state index contributed by atoms with van der Waals surface area (Å²) in [5.41, 5.74) is 2.92. The van der Waals surface area contributed by atoms with E-state index in [0.29, 0.717) is 11.8 Å². The monoisotopic (exact) mass is 738 g/mol. The van der Waals surface area contributed by atoms with Crippen LogP contribution < -0.4 is 9.47 Å². The molecule has 0 aromatic heterocycles. The Kier molecular flexibility index (Phi) is 14.0. The lowest BCUT2D eigenvalue weighted by molar-refractivity contribution is -0.137. The first kappa shape index (κ1) is 40.7. The van der Waals surface area contributed by atoms with Gasteiger partial charge in [0.15, 0.2) is 41.6 Å². The standard InChI is InChI=1S/C32H58O8Si6/c1-27(33)23-32(34)36-31-22-18-16-20-29(31)25-43(8,9)39-46(14,40-45(12,13)26-44(10,11)37-41(3,4)5)38-42(6,7)24-28-19-15-17-21-30(28)35-2/h15-22H,23-26H2,1-14H3. The molecule has 0 spiro atoms. The minimum atomic E-state index is -3.25. The quantitative estimate of drug-likeness (QED) is 0.0654. The van der Waals surface area contributed by atoms with Crippen LogP contribution in [0.5, 0.6) is 11.5 Å². The summed E-state index contributed by atoms with van der Waals surface area (Å²) in [4.78, 5) is 23.9. The number of hydrogen-bond donors (Lipinski definition) is 0. The lowest BCUT2D eigenvalue weighted by Gasteiger charge is -2.45. The number of rotatable bonds is 18. The number of para-hydroxylation sites is 2. The molecule has 0 radical (unpaired) electrons. The predicted octanol–water partition coefficient (Wildman–Crippen LogP) is 8.27. The first-order chi connectivity index (χ1) is 20.8. The van der Waals surface area contributed by atoms with E-state index in [2.05, 4.69) is 84.6 Å². The third kappa shape index (κ3) is 14.7. The zero-order chi connectivity index (χ0) is 35.2. The maximum Gasteiger partial charge on any atom is 0.466 e. The van der Waals surface area contributed by atoms with Crippen LogP contribution >= 0.6 is 0 Å². The first-order valence-corrected chi connectivity index (χ1v) is 34.1. The largest absolute Gasteiger partial charge is 0.496 e. The summed E-state index contributed by atoms with van der Waals surface area (Å²) in [6.45, 7) is 28.1. The minimum absolute atomic E-state index is 0.232. The highest BCUT2D eigenvalue weighted by Crippen LogP contribution is 2.34. The highest BCUT2D eigenvalue weighted by molar-refractivity contribution is 6.97. The molecule has 258 valence electrons. The summed E-state index contributed by atoms with van der Waals surface area (Å²) < 4.78 is 39.7. The predicted molar refractivity (Wildman–Crippen MR) is 202 cm³/mol. The molecule has 0 amide bonds. The molecule has 0 aliphatic rings. The Morgan fingerprint density at radius 2 is 1.00 bits per heavy atom. The van der Waals surface area contributed by atoms with Crippen molar-refractivity contribution >= 4 is 62.1 Å². The van der Waals surface area contributed by atoms with Crippen LogP contribution in [0.15, 0.2) is 48.5 Å². The number of methoxy groups -OCH3 is 1. The maximum atomic E-state index is 12.4. The van der Waals surface area contributed by atoms with E-state index in [1.807, 2.05) is 36.4 Å². The van der Waals surface area contributed by atoms with Crippen molar-refractivity contribution < 1.29 is 35.5 Å². The molecule has 0 saturated heterocycles. The zero-order valence-corrected chi connectivity index (χ0v) is 36.7. The second kappa shape index (κ2) is 15.8. The molecule has 0 aliphatic carbocycles. The Hall–Kier alpha value is -1.48. The van der Waals surface area contributed by atoms with Crippen molar-refractivity contribution in [3.63, 3.8) is 0 Å². The molecular formula is C32H58O8Si6. The minimum Gasteiger partial charge on any atom is -0.496 e. The van der Waals surface area contributed by atoms with Crippen LogP contribution in [-0.2, 0) is 38.1 Å². The Labute approximate surface area is 284 Å². The number of carbonyl (C=O) groups excluding carboxylic acids is 2. The second-order valence-electron chi connectivity index (χ2n) is 15.7. The SMILES string of the molecule is COc1ccccc1C[Si](C)(C)O[Si](C)(O[Si](C)(C)Cc1ccccc1OC(=O)CC(C)=O)O[Si](C)(C)C[Si](C)(C)O[Si](C)(C)C. The molecule has 1 atom stereocenters. The molecule has 1 unspecified atom stereocenters. The van der Waals surface area contributed by atoms with Gasteiger partial charge in [0.25, 0.3) is 0 Å². The second-order valence-corrected chi connectivity index (χ2v) is 41.1. The van der Waals surface area contributed by atoms with Crippen LogP contribution in [0.4, 0.5) is 0 Å². The first-order valence-electron chi connectivity index (χ1n) is 16.0. The maximum absolute atomic E-state index is 12.4. The van der Waals surface area contributed by atoms with Gasteiger partial charge >= 0.3 is 14.8 Å². The van der Waals surface area contributed by atoms with E-state index in [0.717, 1.165) is 28.6 Å². The van der Waals surface area contributed by atoms with Crippen molar-refractivity contribution in [1.82, 2.24) is 0 Å². The van der Waals surface area contributed by atoms with Gasteiger partial charge in [-0.15, -0.1) is 0 Å². The lowest BCUT2D eigenvalue weighted by atomic mass is 10.2. The molecule has 46 heavy (non-hydrogen) atoms. The molecule has 2 rings (SSSR count). The summed E-state index contributed by atoms with van der Waals surface area (Å²) in [5, 5.41) is 0. The topological polar surface area (TPSA) is 89.5 Å². The molecule has 0 heterocycles. The van der Waals surface area contributed by atoms with Crippen LogP contribution in [0.1, 0.15) is 24.5 Å². The summed E-state index contributed by atoms with van der Waals surface area (Å²) in [5.74, 6) is 0.522. The third-order valence-electron chi connectivity index (χ3n) is 6.83. The zero-order valence-electron chi connectivity index (χ0n) is 30.7. The van der Waals surface area contributed by atoms with E-state index in [9.17, 15) is 9.59 Å². The van der Waals surface area contributed by atoms with Gasteiger partial charge < -0.3 is 25.9 Å². The van der Waals surface area contributed by atoms with Crippen molar-refractivity contribution in [2.24, 2.45) is 0 Å². The average Bonchev–Trinajstić information content (AvgIpc) is 2.80. The van der Waals surface area contributed by atoms with E-state index in [4.69, 9.17) is 25.9 Å². The van der Waals surface area contributed by atoms with Crippen LogP contribution in [0, 0.1) is 0 Å². The van der Waals surface area contributed by atoms with Crippen LogP contribution in [0.2, 0.25) is 84.2 Å². The number of esters is 1. The van der Waals surface area contributed by atoms with E-state index in [1.54, 1.807) is 13.2 Å². The highest BCUT2D eigenvalue weighted by atomic mass is 28.5. The highest BCUT2D eigenvalue weighted by Gasteiger charge is 2.51. The van der Waals surface area contributed by atoms with Gasteiger partial charge in [-0.1, -0.05) is 36.4 Å². The van der Waals surface area contributed by atoms with Gasteiger partial charge in [0.2, 0.25) is 0 Å². The van der Waals surface area contributed by atoms with Gasteiger partial charge in [-0.05, 0) is 120 Å². The molecule has 0 bridgehead atoms. The van der Waals surface area contributed by atoms with Gasteiger partial charge in [0.05, 0.1) is 7.11 Å². The summed E-state index contributed by atoms with van der Waals surface area (Å²) in [6, 6.07) is 16.9. The van der Waals surface area contributed by atoms with Crippen molar-refractivity contribution in [3.05, 3.63) is 59.7 Å². The van der Waals surface area contributed by atoms with Gasteiger partial charge in [-0.2, -0.15) is 0 Å². The van der Waals surface area contributed by atoms with E-state index in [1.165, 1.54) is 6.92 Å². The number of ketones is 1. The van der Waals surface area contributed by atoms with Gasteiger partial charge in [0, 0.05) is 6.55 Å². The summed E-state index contributed by atoms with van der Waals surface area (Å²) in [7, 11) is -12.6. The van der Waals surface area contributed by atoms with Crippen LogP contribution in [0.3, 0.4) is 0 Å². The molecule has 0 fully saturated rings. The number of Topliss-reactive ketones (excluding diaryl/α,β-unsaturated/α-hetero) is 1. The number of hydrogen-bond acceptors (Lipinski definition) is 8. The fourth-order valence-electron chi connectivity index (χ4n) is 6.44. The van der Waals surface area contributed by atoms with Crippen molar-refractivity contribution in [3.8, 4) is 11.5 Å². The molecule has 0 aliphatic heterocycles. The Bertz CT molecular complexity index is 1340. The summed E-state index contributed by atoms with van der Waals surface area (Å²) in [6.07, 6.45) is -0.259. The van der Waals surface area contributed by atoms with Crippen molar-refractivity contribution in [2.45, 2.75) is 110 Å². The van der Waals surface area contributed by atoms with E-state index >= 15 is 0 Å². The fourth-order valence-corrected chi connectivity index (χ4v) is 39.8. The van der Waals surface area contributed by atoms with Gasteiger partial charge in [-0.3, -0.25) is 9.59 Å². The molecule has 14 heteroatoms. The van der Waals surface area contributed by atoms with Gasteiger partial charge in [-0.25, -0.2) is 0 Å². The molecule has 2 aromatic rings. The third-order valence-corrected chi connectivity index (χ3v) is 31.9.